The molecule has 0 saturated carbocycles. The molecule has 0 aromatic heterocycles. The fourth-order valence-electron chi connectivity index (χ4n) is 1.05. The van der Waals surface area contributed by atoms with Crippen molar-refractivity contribution in [1.82, 2.24) is 0 Å². The molecule has 5 nitrogen and oxygen atoms in total. The number of unbranched alkanes of at least 4 members (excludes halogenated alkanes) is 2. The first-order chi connectivity index (χ1) is 7.06. The summed E-state index contributed by atoms with van der Waals surface area (Å²) in [6.07, 6.45) is 2.26. The number of ether oxygens (including phenoxy) is 2. The van der Waals surface area contributed by atoms with Gasteiger partial charge in [-0.05, 0) is 12.8 Å². The first kappa shape index (κ1) is 13.6. The summed E-state index contributed by atoms with van der Waals surface area (Å²) in [6, 6.07) is 0. The zero-order valence-electron chi connectivity index (χ0n) is 9.02. The van der Waals surface area contributed by atoms with Crippen molar-refractivity contribution in [1.29, 1.82) is 0 Å². The van der Waals surface area contributed by atoms with Crippen molar-refractivity contribution in [2.75, 3.05) is 0 Å². The minimum atomic E-state index is -0.827. The monoisotopic (exact) mass is 216 g/mol. The summed E-state index contributed by atoms with van der Waals surface area (Å²) in [6.45, 7) is 2.50. The van der Waals surface area contributed by atoms with Gasteiger partial charge in [0.2, 0.25) is 6.29 Å². The van der Waals surface area contributed by atoms with Crippen LogP contribution in [-0.2, 0) is 23.9 Å². The molecule has 0 aliphatic carbocycles. The third kappa shape index (κ3) is 8.93. The lowest BCUT2D eigenvalue weighted by Crippen LogP contribution is -2.22. The van der Waals surface area contributed by atoms with Crippen molar-refractivity contribution < 1.29 is 23.9 Å². The van der Waals surface area contributed by atoms with Crippen LogP contribution in [0, 0.1) is 0 Å². The quantitative estimate of drug-likeness (QED) is 0.277. The number of aldehydes is 1. The molecule has 0 aromatic rings. The summed E-state index contributed by atoms with van der Waals surface area (Å²) in [4.78, 5) is 31.3. The van der Waals surface area contributed by atoms with Crippen molar-refractivity contribution in [2.45, 2.75) is 45.8 Å². The second-order valence-electron chi connectivity index (χ2n) is 3.10. The van der Waals surface area contributed by atoms with Gasteiger partial charge in [-0.1, -0.05) is 0 Å². The maximum Gasteiger partial charge on any atom is 0.305 e. The van der Waals surface area contributed by atoms with Crippen LogP contribution >= 0.6 is 0 Å². The van der Waals surface area contributed by atoms with E-state index in [9.17, 15) is 14.4 Å². The number of carbonyl (C=O) groups is 3. The van der Waals surface area contributed by atoms with E-state index in [0.29, 0.717) is 25.7 Å². The van der Waals surface area contributed by atoms with Gasteiger partial charge in [-0.25, -0.2) is 0 Å². The SMILES string of the molecule is CC(=O)OC(CCCCC=O)OC(C)=O. The highest BCUT2D eigenvalue weighted by Crippen LogP contribution is 2.08. The summed E-state index contributed by atoms with van der Waals surface area (Å²) in [5.41, 5.74) is 0. The van der Waals surface area contributed by atoms with Gasteiger partial charge in [0.15, 0.2) is 0 Å². The van der Waals surface area contributed by atoms with E-state index in [0.717, 1.165) is 6.29 Å². The molecule has 0 N–H and O–H groups in total. The molecular formula is C10H16O5. The molecule has 0 rings (SSSR count). The molecule has 0 bridgehead atoms. The lowest BCUT2D eigenvalue weighted by atomic mass is 10.2. The van der Waals surface area contributed by atoms with Gasteiger partial charge in [0.1, 0.15) is 6.29 Å². The molecular weight excluding hydrogens is 200 g/mol. The smallest absolute Gasteiger partial charge is 0.305 e. The Labute approximate surface area is 88.7 Å². The van der Waals surface area contributed by atoms with E-state index < -0.39 is 18.2 Å². The van der Waals surface area contributed by atoms with Crippen LogP contribution in [-0.4, -0.2) is 24.5 Å². The number of esters is 2. The van der Waals surface area contributed by atoms with Crippen LogP contribution in [0.4, 0.5) is 0 Å². The molecule has 0 fully saturated rings. The molecule has 86 valence electrons. The normalized spacial score (nSPS) is 9.80. The Morgan fingerprint density at radius 3 is 2.07 bits per heavy atom. The summed E-state index contributed by atoms with van der Waals surface area (Å²) >= 11 is 0. The largest absolute Gasteiger partial charge is 0.425 e. The van der Waals surface area contributed by atoms with Crippen LogP contribution in [0.3, 0.4) is 0 Å². The Morgan fingerprint density at radius 2 is 1.67 bits per heavy atom. The first-order valence-electron chi connectivity index (χ1n) is 4.84. The molecule has 0 saturated heterocycles. The van der Waals surface area contributed by atoms with Crippen LogP contribution in [0.1, 0.15) is 39.5 Å². The van der Waals surface area contributed by atoms with Crippen molar-refractivity contribution >= 4 is 18.2 Å². The Morgan fingerprint density at radius 1 is 1.13 bits per heavy atom. The summed E-state index contributed by atoms with van der Waals surface area (Å²) in [7, 11) is 0. The Hall–Kier alpha value is -1.39. The van der Waals surface area contributed by atoms with E-state index in [-0.39, 0.29) is 0 Å². The van der Waals surface area contributed by atoms with Gasteiger partial charge in [0.25, 0.3) is 0 Å². The van der Waals surface area contributed by atoms with Crippen LogP contribution in [0.15, 0.2) is 0 Å². The first-order valence-corrected chi connectivity index (χ1v) is 4.84. The molecule has 0 amide bonds. The fraction of sp³-hybridized carbons (Fsp3) is 0.700. The molecule has 0 aromatic carbocycles. The summed E-state index contributed by atoms with van der Waals surface area (Å²) in [5, 5.41) is 0. The van der Waals surface area contributed by atoms with Gasteiger partial charge in [0, 0.05) is 26.7 Å². The van der Waals surface area contributed by atoms with E-state index in [2.05, 4.69) is 0 Å². The van der Waals surface area contributed by atoms with E-state index >= 15 is 0 Å². The average Bonchev–Trinajstić information content (AvgIpc) is 2.10. The Kier molecular flexibility index (Phi) is 7.23. The van der Waals surface area contributed by atoms with E-state index in [1.165, 1.54) is 13.8 Å². The summed E-state index contributed by atoms with van der Waals surface area (Å²) < 4.78 is 9.54. The highest BCUT2D eigenvalue weighted by molar-refractivity contribution is 5.68. The average molecular weight is 216 g/mol. The summed E-state index contributed by atoms with van der Waals surface area (Å²) in [5.74, 6) is -0.978. The Bertz CT molecular complexity index is 208. The van der Waals surface area contributed by atoms with Crippen molar-refractivity contribution in [3.8, 4) is 0 Å². The van der Waals surface area contributed by atoms with Gasteiger partial charge in [-0.15, -0.1) is 0 Å². The van der Waals surface area contributed by atoms with Gasteiger partial charge in [-0.3, -0.25) is 9.59 Å². The molecule has 0 radical (unpaired) electrons. The third-order valence-electron chi connectivity index (χ3n) is 1.61. The zero-order chi connectivity index (χ0) is 11.7. The molecule has 5 heteroatoms. The highest BCUT2D eigenvalue weighted by atomic mass is 16.7. The van der Waals surface area contributed by atoms with Gasteiger partial charge in [0.05, 0.1) is 0 Å². The number of carbonyl (C=O) groups excluding carboxylic acids is 3. The van der Waals surface area contributed by atoms with Gasteiger partial charge >= 0.3 is 11.9 Å². The maximum absolute atomic E-state index is 10.7. The second-order valence-corrected chi connectivity index (χ2v) is 3.10. The number of hydrogen-bond acceptors (Lipinski definition) is 5. The zero-order valence-corrected chi connectivity index (χ0v) is 9.02. The maximum atomic E-state index is 10.7. The van der Waals surface area contributed by atoms with Crippen LogP contribution in [0.2, 0.25) is 0 Å². The topological polar surface area (TPSA) is 69.7 Å². The predicted molar refractivity (Wildman–Crippen MR) is 51.9 cm³/mol. The van der Waals surface area contributed by atoms with Crippen LogP contribution in [0.25, 0.3) is 0 Å². The second kappa shape index (κ2) is 7.96. The fourth-order valence-corrected chi connectivity index (χ4v) is 1.05. The molecule has 0 aliphatic heterocycles. The molecule has 0 unspecified atom stereocenters. The lowest BCUT2D eigenvalue weighted by molar-refractivity contribution is -0.186. The minimum Gasteiger partial charge on any atom is -0.425 e. The molecule has 0 heterocycles. The van der Waals surface area contributed by atoms with E-state index in [4.69, 9.17) is 9.47 Å². The Balaban J connectivity index is 3.84. The van der Waals surface area contributed by atoms with Crippen LogP contribution < -0.4 is 0 Å². The standard InChI is InChI=1S/C10H16O5/c1-8(12)14-10(15-9(2)13)6-4-3-5-7-11/h7,10H,3-6H2,1-2H3. The van der Waals surface area contributed by atoms with Gasteiger partial charge in [-0.2, -0.15) is 0 Å². The van der Waals surface area contributed by atoms with Crippen molar-refractivity contribution in [2.24, 2.45) is 0 Å². The molecule has 0 spiro atoms. The van der Waals surface area contributed by atoms with E-state index in [1.54, 1.807) is 0 Å². The van der Waals surface area contributed by atoms with Crippen molar-refractivity contribution in [3.05, 3.63) is 0 Å². The van der Waals surface area contributed by atoms with E-state index in [1.807, 2.05) is 0 Å². The van der Waals surface area contributed by atoms with Crippen molar-refractivity contribution in [3.63, 3.8) is 0 Å². The number of hydrogen-bond donors (Lipinski definition) is 0. The molecule has 0 atom stereocenters. The third-order valence-corrected chi connectivity index (χ3v) is 1.61. The lowest BCUT2D eigenvalue weighted by Gasteiger charge is -2.15. The van der Waals surface area contributed by atoms with Gasteiger partial charge < -0.3 is 14.3 Å². The van der Waals surface area contributed by atoms with Crippen LogP contribution in [0.5, 0.6) is 0 Å². The number of rotatable bonds is 7. The predicted octanol–water partition coefficient (Wildman–Crippen LogP) is 1.20. The molecule has 0 aliphatic rings. The molecule has 15 heavy (non-hydrogen) atoms. The minimum absolute atomic E-state index is 0.424. The highest BCUT2D eigenvalue weighted by Gasteiger charge is 2.14.